The highest BCUT2D eigenvalue weighted by atomic mass is 35.5. The Kier molecular flexibility index (Phi) is 6.86. The third-order valence-corrected chi connectivity index (χ3v) is 6.59. The number of nitrogens with zero attached hydrogens (tertiary/aromatic N) is 4. The van der Waals surface area contributed by atoms with Gasteiger partial charge in [-0.2, -0.15) is 9.94 Å². The van der Waals surface area contributed by atoms with Gasteiger partial charge in [0.2, 0.25) is 11.6 Å². The van der Waals surface area contributed by atoms with Gasteiger partial charge in [-0.25, -0.2) is 9.89 Å². The van der Waals surface area contributed by atoms with Crippen LogP contribution in [-0.4, -0.2) is 25.0 Å². The van der Waals surface area contributed by atoms with Gasteiger partial charge in [-0.3, -0.25) is 14.6 Å². The highest BCUT2D eigenvalue weighted by molar-refractivity contribution is 6.37. The maximum atomic E-state index is 12.4. The average Bonchev–Trinajstić information content (AvgIpc) is 2.82. The number of rotatable bonds is 5. The summed E-state index contributed by atoms with van der Waals surface area (Å²) in [6, 6.07) is 5.88. The molecule has 0 radical (unpaired) electrons. The Morgan fingerprint density at radius 3 is 2.44 bits per heavy atom. The summed E-state index contributed by atoms with van der Waals surface area (Å²) in [5.41, 5.74) is -1.84. The Hall–Kier alpha value is -3.42. The lowest BCUT2D eigenvalue weighted by Gasteiger charge is -2.27. The van der Waals surface area contributed by atoms with Crippen LogP contribution in [0.4, 0.5) is 0 Å². The summed E-state index contributed by atoms with van der Waals surface area (Å²) in [7, 11) is 0. The van der Waals surface area contributed by atoms with E-state index < -0.39 is 16.9 Å². The van der Waals surface area contributed by atoms with Crippen LogP contribution in [0.15, 0.2) is 32.6 Å². The monoisotopic (exact) mass is 502 g/mol. The van der Waals surface area contributed by atoms with Crippen molar-refractivity contribution in [3.8, 4) is 23.4 Å². The van der Waals surface area contributed by atoms with Crippen molar-refractivity contribution in [1.82, 2.24) is 25.0 Å². The largest absolute Gasteiger partial charge is 0.434 e. The molecule has 1 saturated carbocycles. The molecular formula is C22H20Cl2N6O4. The summed E-state index contributed by atoms with van der Waals surface area (Å²) in [6.07, 6.45) is 5.67. The molecule has 2 N–H and O–H groups in total. The molecule has 0 saturated heterocycles. The second-order valence-corrected chi connectivity index (χ2v) is 8.96. The number of aromatic amines is 2. The zero-order valence-corrected chi connectivity index (χ0v) is 19.6. The molecule has 176 valence electrons. The van der Waals surface area contributed by atoms with Crippen LogP contribution < -0.4 is 21.5 Å². The number of H-pyrrole nitrogens is 2. The lowest BCUT2D eigenvalue weighted by Crippen LogP contribution is -2.33. The zero-order valence-electron chi connectivity index (χ0n) is 18.1. The topological polar surface area (TPSA) is 147 Å². The third kappa shape index (κ3) is 4.76. The second kappa shape index (κ2) is 9.83. The van der Waals surface area contributed by atoms with Crippen molar-refractivity contribution >= 4 is 23.2 Å². The van der Waals surface area contributed by atoms with Crippen molar-refractivity contribution < 1.29 is 4.74 Å². The average molecular weight is 503 g/mol. The van der Waals surface area contributed by atoms with Gasteiger partial charge in [0.15, 0.2) is 5.75 Å². The Morgan fingerprint density at radius 1 is 1.12 bits per heavy atom. The quantitative estimate of drug-likeness (QED) is 0.540. The molecule has 1 atom stereocenters. The summed E-state index contributed by atoms with van der Waals surface area (Å²) < 4.78 is 6.59. The van der Waals surface area contributed by atoms with Crippen LogP contribution in [0.25, 0.3) is 5.69 Å². The molecule has 34 heavy (non-hydrogen) atoms. The van der Waals surface area contributed by atoms with Gasteiger partial charge in [0.25, 0.3) is 11.1 Å². The van der Waals surface area contributed by atoms with Crippen LogP contribution in [0.2, 0.25) is 10.0 Å². The molecule has 2 heterocycles. The van der Waals surface area contributed by atoms with Gasteiger partial charge in [-0.1, -0.05) is 49.4 Å². The lowest BCUT2D eigenvalue weighted by atomic mass is 9.78. The fraction of sp³-hybridized carbons (Fsp3) is 0.364. The second-order valence-electron chi connectivity index (χ2n) is 8.15. The number of ether oxygens (including phenoxy) is 1. The fourth-order valence-electron chi connectivity index (χ4n) is 4.20. The first-order chi connectivity index (χ1) is 16.3. The van der Waals surface area contributed by atoms with E-state index in [1.807, 2.05) is 11.9 Å². The molecular weight excluding hydrogens is 483 g/mol. The smallest absolute Gasteiger partial charge is 0.349 e. The highest BCUT2D eigenvalue weighted by Gasteiger charge is 2.24. The predicted molar refractivity (Wildman–Crippen MR) is 125 cm³/mol. The normalized spacial score (nSPS) is 15.0. The number of hydrogen-bond donors (Lipinski definition) is 2. The van der Waals surface area contributed by atoms with Crippen molar-refractivity contribution in [1.29, 1.82) is 5.26 Å². The summed E-state index contributed by atoms with van der Waals surface area (Å²) in [5.74, 6) is 0.619. The van der Waals surface area contributed by atoms with Gasteiger partial charge in [0, 0.05) is 11.6 Å². The van der Waals surface area contributed by atoms with E-state index in [1.165, 1.54) is 18.6 Å². The van der Waals surface area contributed by atoms with E-state index in [2.05, 4.69) is 15.3 Å². The Morgan fingerprint density at radius 2 is 1.79 bits per heavy atom. The molecule has 0 unspecified atom stereocenters. The Bertz CT molecular complexity index is 1430. The van der Waals surface area contributed by atoms with Crippen molar-refractivity contribution in [2.45, 2.75) is 44.9 Å². The van der Waals surface area contributed by atoms with Gasteiger partial charge in [0.05, 0.1) is 15.7 Å². The van der Waals surface area contributed by atoms with Crippen LogP contribution >= 0.6 is 23.2 Å². The maximum Gasteiger partial charge on any atom is 0.349 e. The molecule has 3 aromatic rings. The number of nitrogens with one attached hydrogen (secondary N) is 2. The van der Waals surface area contributed by atoms with Crippen LogP contribution in [-0.2, 0) is 0 Å². The summed E-state index contributed by atoms with van der Waals surface area (Å²) in [5, 5.41) is 19.2. The minimum absolute atomic E-state index is 0.0239. The van der Waals surface area contributed by atoms with Gasteiger partial charge < -0.3 is 4.74 Å². The van der Waals surface area contributed by atoms with E-state index in [9.17, 15) is 14.4 Å². The maximum absolute atomic E-state index is 12.4. The molecule has 0 amide bonds. The van der Waals surface area contributed by atoms with Gasteiger partial charge in [-0.15, -0.1) is 10.2 Å². The summed E-state index contributed by atoms with van der Waals surface area (Å²) in [4.78, 5) is 38.2. The molecule has 10 nitrogen and oxygen atoms in total. The van der Waals surface area contributed by atoms with Crippen LogP contribution in [0.3, 0.4) is 0 Å². The van der Waals surface area contributed by atoms with Crippen LogP contribution in [0.1, 0.15) is 56.2 Å². The first-order valence-electron chi connectivity index (χ1n) is 10.7. The number of halogens is 2. The number of nitriles is 1. The number of aromatic nitrogens is 5. The van der Waals surface area contributed by atoms with Crippen LogP contribution in [0.5, 0.6) is 11.6 Å². The number of benzene rings is 1. The van der Waals surface area contributed by atoms with E-state index in [4.69, 9.17) is 33.2 Å². The Balaban J connectivity index is 1.66. The van der Waals surface area contributed by atoms with Gasteiger partial charge in [-0.05, 0) is 36.8 Å². The molecule has 4 rings (SSSR count). The molecule has 0 aliphatic heterocycles. The van der Waals surface area contributed by atoms with E-state index >= 15 is 0 Å². The third-order valence-electron chi connectivity index (χ3n) is 6.02. The molecule has 12 heteroatoms. The summed E-state index contributed by atoms with van der Waals surface area (Å²) in [6.45, 7) is 2.03. The number of hydrogen-bond acceptors (Lipinski definition) is 7. The van der Waals surface area contributed by atoms with E-state index in [0.717, 1.165) is 30.4 Å². The van der Waals surface area contributed by atoms with Crippen molar-refractivity contribution in [2.24, 2.45) is 5.92 Å². The SMILES string of the molecule is C[C@H](c1cc(Oc2c(Cl)cc(-n3nc(C#N)c(=O)[nH]c3=O)cc2Cl)n[nH]c1=O)C1CCCCC1. The van der Waals surface area contributed by atoms with E-state index in [0.29, 0.717) is 11.5 Å². The van der Waals surface area contributed by atoms with Crippen molar-refractivity contribution in [2.75, 3.05) is 0 Å². The lowest BCUT2D eigenvalue weighted by molar-refractivity contribution is 0.314. The van der Waals surface area contributed by atoms with E-state index in [1.54, 1.807) is 12.1 Å². The van der Waals surface area contributed by atoms with Gasteiger partial charge in [0.1, 0.15) is 6.07 Å². The first-order valence-corrected chi connectivity index (χ1v) is 11.4. The standard InChI is InChI=1S/C22H20Cl2N6O4/c1-11(12-5-3-2-4-6-12)14-9-18(27-28-20(14)31)34-19-15(23)7-13(8-16(19)24)30-22(33)26-21(32)17(10-25)29-30/h7-9,11-12H,2-6H2,1H3,(H,28,31)(H,26,32,33)/t11-/m0/s1. The molecule has 1 aliphatic rings. The molecule has 2 aromatic heterocycles. The minimum Gasteiger partial charge on any atom is -0.434 e. The molecule has 0 bridgehead atoms. The van der Waals surface area contributed by atoms with Gasteiger partial charge >= 0.3 is 5.69 Å². The molecule has 1 fully saturated rings. The van der Waals surface area contributed by atoms with Crippen molar-refractivity contribution in [3.05, 3.63) is 70.7 Å². The predicted octanol–water partition coefficient (Wildman–Crippen LogP) is 3.66. The van der Waals surface area contributed by atoms with Crippen LogP contribution in [0, 0.1) is 17.2 Å². The first kappa shape index (κ1) is 23.7. The van der Waals surface area contributed by atoms with E-state index in [-0.39, 0.29) is 38.8 Å². The zero-order chi connectivity index (χ0) is 24.4. The van der Waals surface area contributed by atoms with Crippen molar-refractivity contribution in [3.63, 3.8) is 0 Å². The Labute approximate surface area is 203 Å². The molecule has 1 aromatic carbocycles. The molecule has 1 aliphatic carbocycles. The summed E-state index contributed by atoms with van der Waals surface area (Å²) >= 11 is 12.7. The highest BCUT2D eigenvalue weighted by Crippen LogP contribution is 2.39. The fourth-order valence-corrected chi connectivity index (χ4v) is 4.75. The minimum atomic E-state index is -0.900. The molecule has 0 spiro atoms.